The Balaban J connectivity index is 2.49. The molecule has 0 amide bonds. The first-order valence-electron chi connectivity index (χ1n) is 4.28. The van der Waals surface area contributed by atoms with Crippen molar-refractivity contribution in [3.8, 4) is 0 Å². The molecule has 0 bridgehead atoms. The quantitative estimate of drug-likeness (QED) is 0.566. The van der Waals surface area contributed by atoms with Crippen molar-refractivity contribution in [3.05, 3.63) is 0 Å². The SMILES string of the molecule is CC(=O)C1CC(C)CN(C)C1. The van der Waals surface area contributed by atoms with Crippen molar-refractivity contribution < 1.29 is 4.79 Å². The maximum atomic E-state index is 11.1. The summed E-state index contributed by atoms with van der Waals surface area (Å²) in [5.74, 6) is 1.33. The van der Waals surface area contributed by atoms with Gasteiger partial charge in [0.25, 0.3) is 0 Å². The van der Waals surface area contributed by atoms with Crippen LogP contribution in [-0.2, 0) is 4.79 Å². The molecule has 2 unspecified atom stereocenters. The van der Waals surface area contributed by atoms with Gasteiger partial charge in [0.2, 0.25) is 0 Å². The maximum absolute atomic E-state index is 11.1. The molecule has 2 atom stereocenters. The molecule has 0 aromatic rings. The summed E-state index contributed by atoms with van der Waals surface area (Å²) in [4.78, 5) is 13.3. The predicted octanol–water partition coefficient (Wildman–Crippen LogP) is 1.16. The van der Waals surface area contributed by atoms with E-state index in [9.17, 15) is 4.79 Å². The molecule has 11 heavy (non-hydrogen) atoms. The predicted molar refractivity (Wildman–Crippen MR) is 45.4 cm³/mol. The fourth-order valence-electron chi connectivity index (χ4n) is 1.91. The Labute approximate surface area is 68.6 Å². The van der Waals surface area contributed by atoms with Crippen LogP contribution in [0.15, 0.2) is 0 Å². The second-order valence-corrected chi connectivity index (χ2v) is 3.87. The monoisotopic (exact) mass is 155 g/mol. The molecular formula is C9H17NO. The molecule has 2 heteroatoms. The van der Waals surface area contributed by atoms with Gasteiger partial charge >= 0.3 is 0 Å². The summed E-state index contributed by atoms with van der Waals surface area (Å²) in [7, 11) is 2.09. The second kappa shape index (κ2) is 3.35. The van der Waals surface area contributed by atoms with Crippen molar-refractivity contribution in [1.82, 2.24) is 4.90 Å². The first kappa shape index (κ1) is 8.72. The molecule has 0 aromatic carbocycles. The Hall–Kier alpha value is -0.370. The van der Waals surface area contributed by atoms with E-state index in [1.807, 2.05) is 0 Å². The van der Waals surface area contributed by atoms with E-state index < -0.39 is 0 Å². The zero-order valence-electron chi connectivity index (χ0n) is 7.63. The van der Waals surface area contributed by atoms with E-state index in [-0.39, 0.29) is 0 Å². The van der Waals surface area contributed by atoms with Crippen molar-refractivity contribution in [2.75, 3.05) is 20.1 Å². The van der Waals surface area contributed by atoms with Gasteiger partial charge in [0.15, 0.2) is 0 Å². The van der Waals surface area contributed by atoms with E-state index in [0.29, 0.717) is 17.6 Å². The lowest BCUT2D eigenvalue weighted by atomic mass is 9.88. The first-order chi connectivity index (χ1) is 5.09. The lowest BCUT2D eigenvalue weighted by molar-refractivity contribution is -0.122. The van der Waals surface area contributed by atoms with Gasteiger partial charge in [0.1, 0.15) is 5.78 Å². The van der Waals surface area contributed by atoms with Gasteiger partial charge in [-0.25, -0.2) is 0 Å². The molecule has 64 valence electrons. The summed E-state index contributed by atoms with van der Waals surface area (Å²) in [5, 5.41) is 0. The van der Waals surface area contributed by atoms with Gasteiger partial charge in [-0.05, 0) is 26.3 Å². The van der Waals surface area contributed by atoms with Crippen molar-refractivity contribution in [2.45, 2.75) is 20.3 Å². The van der Waals surface area contributed by atoms with Gasteiger partial charge in [-0.3, -0.25) is 4.79 Å². The van der Waals surface area contributed by atoms with Gasteiger partial charge in [-0.2, -0.15) is 0 Å². The number of rotatable bonds is 1. The van der Waals surface area contributed by atoms with Crippen LogP contribution in [0.4, 0.5) is 0 Å². The van der Waals surface area contributed by atoms with Gasteiger partial charge < -0.3 is 4.90 Å². The zero-order valence-corrected chi connectivity index (χ0v) is 7.63. The van der Waals surface area contributed by atoms with Crippen LogP contribution in [0.2, 0.25) is 0 Å². The molecule has 0 spiro atoms. The molecule has 1 aliphatic heterocycles. The lowest BCUT2D eigenvalue weighted by Gasteiger charge is -2.32. The Kier molecular flexibility index (Phi) is 2.66. The third-order valence-electron chi connectivity index (χ3n) is 2.42. The summed E-state index contributed by atoms with van der Waals surface area (Å²) in [5.41, 5.74) is 0. The van der Waals surface area contributed by atoms with Crippen LogP contribution in [0.1, 0.15) is 20.3 Å². The summed E-state index contributed by atoms with van der Waals surface area (Å²) in [6.07, 6.45) is 1.08. The fraction of sp³-hybridized carbons (Fsp3) is 0.889. The van der Waals surface area contributed by atoms with E-state index in [0.717, 1.165) is 19.5 Å². The largest absolute Gasteiger partial charge is 0.305 e. The van der Waals surface area contributed by atoms with Gasteiger partial charge in [-0.1, -0.05) is 6.92 Å². The van der Waals surface area contributed by atoms with Crippen LogP contribution >= 0.6 is 0 Å². The van der Waals surface area contributed by atoms with Crippen molar-refractivity contribution >= 4 is 5.78 Å². The minimum Gasteiger partial charge on any atom is -0.305 e. The Bertz CT molecular complexity index is 146. The summed E-state index contributed by atoms with van der Waals surface area (Å²) in [6.45, 7) is 6.02. The molecule has 0 N–H and O–H groups in total. The minimum absolute atomic E-state index is 0.295. The molecule has 0 saturated carbocycles. The molecule has 0 aromatic heterocycles. The molecular weight excluding hydrogens is 138 g/mol. The first-order valence-corrected chi connectivity index (χ1v) is 4.28. The highest BCUT2D eigenvalue weighted by Gasteiger charge is 2.24. The standard InChI is InChI=1S/C9H17NO/c1-7-4-9(8(2)11)6-10(3)5-7/h7,9H,4-6H2,1-3H3. The third-order valence-corrected chi connectivity index (χ3v) is 2.42. The van der Waals surface area contributed by atoms with E-state index in [1.54, 1.807) is 6.92 Å². The van der Waals surface area contributed by atoms with E-state index in [2.05, 4.69) is 18.9 Å². The minimum atomic E-state index is 0.295. The average molecular weight is 155 g/mol. The Morgan fingerprint density at radius 3 is 2.55 bits per heavy atom. The topological polar surface area (TPSA) is 20.3 Å². The zero-order chi connectivity index (χ0) is 8.43. The smallest absolute Gasteiger partial charge is 0.134 e. The average Bonchev–Trinajstić information content (AvgIpc) is 1.85. The number of carbonyl (C=O) groups is 1. The van der Waals surface area contributed by atoms with Crippen LogP contribution in [0.5, 0.6) is 0 Å². The fourth-order valence-corrected chi connectivity index (χ4v) is 1.91. The third kappa shape index (κ3) is 2.29. The number of carbonyl (C=O) groups excluding carboxylic acids is 1. The maximum Gasteiger partial charge on any atom is 0.134 e. The van der Waals surface area contributed by atoms with Gasteiger partial charge in [-0.15, -0.1) is 0 Å². The highest BCUT2D eigenvalue weighted by atomic mass is 16.1. The summed E-state index contributed by atoms with van der Waals surface area (Å²) in [6, 6.07) is 0. The summed E-state index contributed by atoms with van der Waals surface area (Å²) < 4.78 is 0. The van der Waals surface area contributed by atoms with E-state index in [1.165, 1.54) is 0 Å². The van der Waals surface area contributed by atoms with Crippen LogP contribution in [0.3, 0.4) is 0 Å². The number of likely N-dealkylation sites (tertiary alicyclic amines) is 1. The molecule has 1 aliphatic rings. The van der Waals surface area contributed by atoms with Crippen LogP contribution in [0.25, 0.3) is 0 Å². The highest BCUT2D eigenvalue weighted by molar-refractivity contribution is 5.78. The number of Topliss-reactive ketones (excluding diaryl/α,β-unsaturated/α-hetero) is 1. The lowest BCUT2D eigenvalue weighted by Crippen LogP contribution is -2.39. The molecule has 1 saturated heterocycles. The molecule has 1 rings (SSSR count). The number of nitrogens with zero attached hydrogens (tertiary/aromatic N) is 1. The van der Waals surface area contributed by atoms with Crippen LogP contribution in [0, 0.1) is 11.8 Å². The normalized spacial score (nSPS) is 33.7. The molecule has 1 heterocycles. The van der Waals surface area contributed by atoms with Crippen LogP contribution in [-0.4, -0.2) is 30.8 Å². The number of hydrogen-bond donors (Lipinski definition) is 0. The molecule has 0 aliphatic carbocycles. The molecule has 2 nitrogen and oxygen atoms in total. The number of piperidine rings is 1. The van der Waals surface area contributed by atoms with Crippen molar-refractivity contribution in [1.29, 1.82) is 0 Å². The van der Waals surface area contributed by atoms with Crippen molar-refractivity contribution in [3.63, 3.8) is 0 Å². The van der Waals surface area contributed by atoms with Gasteiger partial charge in [0.05, 0.1) is 0 Å². The van der Waals surface area contributed by atoms with Crippen LogP contribution < -0.4 is 0 Å². The number of hydrogen-bond acceptors (Lipinski definition) is 2. The number of ketones is 1. The molecule has 0 radical (unpaired) electrons. The van der Waals surface area contributed by atoms with Crippen molar-refractivity contribution in [2.24, 2.45) is 11.8 Å². The Morgan fingerprint density at radius 2 is 2.09 bits per heavy atom. The highest BCUT2D eigenvalue weighted by Crippen LogP contribution is 2.20. The van der Waals surface area contributed by atoms with E-state index in [4.69, 9.17) is 0 Å². The van der Waals surface area contributed by atoms with Gasteiger partial charge in [0, 0.05) is 19.0 Å². The Morgan fingerprint density at radius 1 is 1.45 bits per heavy atom. The summed E-state index contributed by atoms with van der Waals surface area (Å²) >= 11 is 0. The van der Waals surface area contributed by atoms with E-state index >= 15 is 0 Å². The molecule has 1 fully saturated rings. The second-order valence-electron chi connectivity index (χ2n) is 3.87.